The average molecular weight is 360 g/mol. The Kier molecular flexibility index (Phi) is 6.76. The first kappa shape index (κ1) is 19.2. The standard InChI is InChI=1S/C20H24O4S/c1-6-23-17-8-7-9-19(25-20(21)22-5)16(17)12-24-18-11-14(3)13(2)10-15(18)4/h7-11H,6,12H2,1-5H3. The number of methoxy groups -OCH3 is 1. The molecule has 4 nitrogen and oxygen atoms in total. The zero-order valence-corrected chi connectivity index (χ0v) is 16.2. The maximum Gasteiger partial charge on any atom is 0.371 e. The summed E-state index contributed by atoms with van der Waals surface area (Å²) in [6, 6.07) is 9.78. The molecular weight excluding hydrogens is 336 g/mol. The molecule has 0 aliphatic carbocycles. The van der Waals surface area contributed by atoms with Gasteiger partial charge < -0.3 is 14.2 Å². The molecule has 0 fully saturated rings. The van der Waals surface area contributed by atoms with Crippen LogP contribution in [0.1, 0.15) is 29.2 Å². The van der Waals surface area contributed by atoms with E-state index in [0.29, 0.717) is 13.2 Å². The van der Waals surface area contributed by atoms with Gasteiger partial charge in [-0.25, -0.2) is 4.79 Å². The van der Waals surface area contributed by atoms with Crippen LogP contribution in [-0.4, -0.2) is 19.0 Å². The number of aryl methyl sites for hydroxylation is 3. The minimum absolute atomic E-state index is 0.318. The third-order valence-electron chi connectivity index (χ3n) is 3.91. The van der Waals surface area contributed by atoms with Gasteiger partial charge in [0, 0.05) is 10.5 Å². The number of rotatable bonds is 6. The first-order valence-corrected chi connectivity index (χ1v) is 8.99. The molecule has 0 N–H and O–H groups in total. The Balaban J connectivity index is 2.30. The van der Waals surface area contributed by atoms with E-state index in [1.165, 1.54) is 18.2 Å². The van der Waals surface area contributed by atoms with E-state index < -0.39 is 0 Å². The maximum absolute atomic E-state index is 11.7. The number of carbonyl (C=O) groups excluding carboxylic acids is 1. The molecule has 0 saturated carbocycles. The lowest BCUT2D eigenvalue weighted by Crippen LogP contribution is -2.05. The van der Waals surface area contributed by atoms with Crippen molar-refractivity contribution in [3.05, 3.63) is 52.6 Å². The van der Waals surface area contributed by atoms with Gasteiger partial charge in [-0.3, -0.25) is 0 Å². The summed E-state index contributed by atoms with van der Waals surface area (Å²) in [5.41, 5.74) is 4.35. The van der Waals surface area contributed by atoms with Crippen molar-refractivity contribution in [3.8, 4) is 11.5 Å². The molecule has 25 heavy (non-hydrogen) atoms. The Morgan fingerprint density at radius 3 is 2.40 bits per heavy atom. The highest BCUT2D eigenvalue weighted by atomic mass is 32.2. The van der Waals surface area contributed by atoms with Crippen LogP contribution >= 0.6 is 11.8 Å². The normalized spacial score (nSPS) is 10.4. The van der Waals surface area contributed by atoms with Crippen LogP contribution in [0.3, 0.4) is 0 Å². The average Bonchev–Trinajstić information content (AvgIpc) is 2.58. The smallest absolute Gasteiger partial charge is 0.371 e. The Labute approximate surface area is 153 Å². The predicted molar refractivity (Wildman–Crippen MR) is 101 cm³/mol. The van der Waals surface area contributed by atoms with Crippen molar-refractivity contribution in [3.63, 3.8) is 0 Å². The highest BCUT2D eigenvalue weighted by molar-refractivity contribution is 8.13. The second kappa shape index (κ2) is 8.81. The van der Waals surface area contributed by atoms with Crippen molar-refractivity contribution in [2.75, 3.05) is 13.7 Å². The molecule has 0 amide bonds. The Hall–Kier alpha value is -2.14. The van der Waals surface area contributed by atoms with Gasteiger partial charge in [0.1, 0.15) is 18.1 Å². The lowest BCUT2D eigenvalue weighted by Gasteiger charge is -2.16. The zero-order chi connectivity index (χ0) is 18.4. The number of thioether (sulfide) groups is 1. The van der Waals surface area contributed by atoms with E-state index >= 15 is 0 Å². The molecule has 5 heteroatoms. The molecule has 0 saturated heterocycles. The molecule has 2 rings (SSSR count). The quantitative estimate of drug-likeness (QED) is 0.506. The van der Waals surface area contributed by atoms with E-state index in [-0.39, 0.29) is 5.30 Å². The molecule has 0 unspecified atom stereocenters. The predicted octanol–water partition coefficient (Wildman–Crippen LogP) is 5.45. The zero-order valence-electron chi connectivity index (χ0n) is 15.3. The molecule has 0 aromatic heterocycles. The van der Waals surface area contributed by atoms with Crippen LogP contribution in [0.15, 0.2) is 35.2 Å². The second-order valence-corrected chi connectivity index (χ2v) is 6.69. The molecule has 0 radical (unpaired) electrons. The first-order valence-electron chi connectivity index (χ1n) is 8.17. The highest BCUT2D eigenvalue weighted by Crippen LogP contribution is 2.33. The number of hydrogen-bond acceptors (Lipinski definition) is 5. The van der Waals surface area contributed by atoms with Gasteiger partial charge in [-0.15, -0.1) is 0 Å². The van der Waals surface area contributed by atoms with E-state index in [9.17, 15) is 4.79 Å². The number of carbonyl (C=O) groups is 1. The molecular formula is C20H24O4S. The van der Waals surface area contributed by atoms with Crippen LogP contribution in [-0.2, 0) is 11.3 Å². The highest BCUT2D eigenvalue weighted by Gasteiger charge is 2.15. The minimum atomic E-state index is -0.364. The van der Waals surface area contributed by atoms with Crippen LogP contribution in [0.25, 0.3) is 0 Å². The lowest BCUT2D eigenvalue weighted by atomic mass is 10.1. The molecule has 0 bridgehead atoms. The molecule has 134 valence electrons. The summed E-state index contributed by atoms with van der Waals surface area (Å²) in [6.45, 7) is 8.97. The van der Waals surface area contributed by atoms with Crippen LogP contribution in [0, 0.1) is 20.8 Å². The van der Waals surface area contributed by atoms with Gasteiger partial charge in [0.25, 0.3) is 0 Å². The number of hydrogen-bond donors (Lipinski definition) is 0. The second-order valence-electron chi connectivity index (χ2n) is 5.71. The van der Waals surface area contributed by atoms with Crippen molar-refractivity contribution >= 4 is 17.1 Å². The van der Waals surface area contributed by atoms with Gasteiger partial charge in [0.05, 0.1) is 13.7 Å². The van der Waals surface area contributed by atoms with Crippen molar-refractivity contribution in [1.82, 2.24) is 0 Å². The van der Waals surface area contributed by atoms with Crippen molar-refractivity contribution in [2.24, 2.45) is 0 Å². The van der Waals surface area contributed by atoms with Gasteiger partial charge in [-0.2, -0.15) is 0 Å². The van der Waals surface area contributed by atoms with Crippen molar-refractivity contribution < 1.29 is 19.0 Å². The summed E-state index contributed by atoms with van der Waals surface area (Å²) in [5.74, 6) is 1.56. The summed E-state index contributed by atoms with van der Waals surface area (Å²) in [7, 11) is 1.37. The summed E-state index contributed by atoms with van der Waals surface area (Å²) in [6.07, 6.45) is 0. The summed E-state index contributed by atoms with van der Waals surface area (Å²) < 4.78 is 16.5. The Morgan fingerprint density at radius 2 is 1.72 bits per heavy atom. The number of benzene rings is 2. The van der Waals surface area contributed by atoms with E-state index in [1.807, 2.05) is 38.1 Å². The van der Waals surface area contributed by atoms with Gasteiger partial charge in [-0.1, -0.05) is 12.1 Å². The van der Waals surface area contributed by atoms with Gasteiger partial charge in [-0.05, 0) is 74.3 Å². The number of ether oxygens (including phenoxy) is 3. The van der Waals surface area contributed by atoms with E-state index in [2.05, 4.69) is 19.9 Å². The molecule has 0 atom stereocenters. The van der Waals surface area contributed by atoms with Crippen LogP contribution in [0.2, 0.25) is 0 Å². The molecule has 0 aliphatic heterocycles. The van der Waals surface area contributed by atoms with E-state index in [0.717, 1.165) is 39.3 Å². The Morgan fingerprint density at radius 1 is 1.00 bits per heavy atom. The largest absolute Gasteiger partial charge is 0.493 e. The fourth-order valence-electron chi connectivity index (χ4n) is 2.45. The Bertz CT molecular complexity index is 756. The van der Waals surface area contributed by atoms with Gasteiger partial charge in [0.2, 0.25) is 0 Å². The summed E-state index contributed by atoms with van der Waals surface area (Å²) >= 11 is 1.03. The van der Waals surface area contributed by atoms with Crippen LogP contribution < -0.4 is 9.47 Å². The SMILES string of the molecule is CCOc1cccc(SC(=O)OC)c1COc1cc(C)c(C)cc1C. The monoisotopic (exact) mass is 360 g/mol. The van der Waals surface area contributed by atoms with Crippen molar-refractivity contribution in [1.29, 1.82) is 0 Å². The maximum atomic E-state index is 11.7. The van der Waals surface area contributed by atoms with E-state index in [1.54, 1.807) is 0 Å². The fourth-order valence-corrected chi connectivity index (χ4v) is 3.14. The van der Waals surface area contributed by atoms with Crippen molar-refractivity contribution in [2.45, 2.75) is 39.2 Å². The molecule has 2 aromatic carbocycles. The van der Waals surface area contributed by atoms with Gasteiger partial charge >= 0.3 is 5.30 Å². The van der Waals surface area contributed by atoms with Crippen LogP contribution in [0.5, 0.6) is 11.5 Å². The third-order valence-corrected chi connectivity index (χ3v) is 4.85. The lowest BCUT2D eigenvalue weighted by molar-refractivity contribution is 0.200. The van der Waals surface area contributed by atoms with Crippen LogP contribution in [0.4, 0.5) is 4.79 Å². The fraction of sp³-hybridized carbons (Fsp3) is 0.350. The molecule has 0 aliphatic rings. The van der Waals surface area contributed by atoms with E-state index in [4.69, 9.17) is 14.2 Å². The molecule has 2 aromatic rings. The topological polar surface area (TPSA) is 44.8 Å². The summed E-state index contributed by atoms with van der Waals surface area (Å²) in [5, 5.41) is -0.364. The first-order chi connectivity index (χ1) is 12.0. The third kappa shape index (κ3) is 4.92. The minimum Gasteiger partial charge on any atom is -0.493 e. The molecule has 0 spiro atoms. The summed E-state index contributed by atoms with van der Waals surface area (Å²) in [4.78, 5) is 12.4. The van der Waals surface area contributed by atoms with Gasteiger partial charge in [0.15, 0.2) is 0 Å². The molecule has 0 heterocycles.